The summed E-state index contributed by atoms with van der Waals surface area (Å²) in [4.78, 5) is 11.7. The summed E-state index contributed by atoms with van der Waals surface area (Å²) in [5.41, 5.74) is 4.35. The number of rotatable bonds is 6. The van der Waals surface area contributed by atoms with E-state index in [1.807, 2.05) is 49.4 Å². The average Bonchev–Trinajstić information content (AvgIpc) is 2.56. The van der Waals surface area contributed by atoms with Crippen molar-refractivity contribution in [1.29, 1.82) is 0 Å². The van der Waals surface area contributed by atoms with E-state index >= 15 is 0 Å². The second kappa shape index (κ2) is 8.33. The lowest BCUT2D eigenvalue weighted by Crippen LogP contribution is -2.24. The minimum absolute atomic E-state index is 0.0975. The van der Waals surface area contributed by atoms with Crippen LogP contribution in [0.5, 0.6) is 11.5 Å². The predicted octanol–water partition coefficient (Wildman–Crippen LogP) is 3.30. The summed E-state index contributed by atoms with van der Waals surface area (Å²) in [5, 5.41) is 3.91. The van der Waals surface area contributed by atoms with Crippen LogP contribution in [0.15, 0.2) is 52.0 Å². The van der Waals surface area contributed by atoms with Gasteiger partial charge in [0, 0.05) is 10.0 Å². The Morgan fingerprint density at radius 1 is 1.22 bits per heavy atom. The smallest absolute Gasteiger partial charge is 0.277 e. The Morgan fingerprint density at radius 2 is 1.91 bits per heavy atom. The van der Waals surface area contributed by atoms with E-state index in [-0.39, 0.29) is 12.5 Å². The average molecular weight is 377 g/mol. The molecular formula is C17H17BrN2O3. The Kier molecular flexibility index (Phi) is 6.17. The van der Waals surface area contributed by atoms with E-state index in [1.165, 1.54) is 6.21 Å². The molecule has 0 heterocycles. The molecule has 2 aromatic carbocycles. The lowest BCUT2D eigenvalue weighted by molar-refractivity contribution is -0.123. The first-order chi connectivity index (χ1) is 11.1. The molecule has 6 heteroatoms. The molecule has 0 aliphatic rings. The third-order valence-corrected chi connectivity index (χ3v) is 3.71. The molecular weight excluding hydrogens is 360 g/mol. The Balaban J connectivity index is 1.85. The van der Waals surface area contributed by atoms with Gasteiger partial charge in [-0.2, -0.15) is 5.10 Å². The van der Waals surface area contributed by atoms with Crippen molar-refractivity contribution in [3.63, 3.8) is 0 Å². The van der Waals surface area contributed by atoms with Crippen molar-refractivity contribution >= 4 is 28.1 Å². The Hall–Kier alpha value is -2.34. The van der Waals surface area contributed by atoms with Gasteiger partial charge in [-0.25, -0.2) is 5.43 Å². The number of hydrogen-bond acceptors (Lipinski definition) is 4. The summed E-state index contributed by atoms with van der Waals surface area (Å²) < 4.78 is 11.4. The van der Waals surface area contributed by atoms with Gasteiger partial charge >= 0.3 is 0 Å². The van der Waals surface area contributed by atoms with Gasteiger partial charge in [0.2, 0.25) is 0 Å². The van der Waals surface area contributed by atoms with Gasteiger partial charge in [-0.05, 0) is 37.3 Å². The number of methoxy groups -OCH3 is 1. The number of aryl methyl sites for hydroxylation is 1. The Bertz CT molecular complexity index is 699. The van der Waals surface area contributed by atoms with Crippen LogP contribution in [0.1, 0.15) is 11.1 Å². The third-order valence-electron chi connectivity index (χ3n) is 2.99. The topological polar surface area (TPSA) is 59.9 Å². The van der Waals surface area contributed by atoms with Crippen LogP contribution in [0.4, 0.5) is 0 Å². The van der Waals surface area contributed by atoms with Gasteiger partial charge in [-0.1, -0.05) is 33.6 Å². The maximum Gasteiger partial charge on any atom is 0.277 e. The molecule has 5 nitrogen and oxygen atoms in total. The monoisotopic (exact) mass is 376 g/mol. The second-order valence-corrected chi connectivity index (χ2v) is 5.64. The largest absolute Gasteiger partial charge is 0.497 e. The van der Waals surface area contributed by atoms with Gasteiger partial charge in [-0.3, -0.25) is 4.79 Å². The highest BCUT2D eigenvalue weighted by molar-refractivity contribution is 9.10. The fourth-order valence-electron chi connectivity index (χ4n) is 1.74. The molecule has 0 aliphatic heterocycles. The van der Waals surface area contributed by atoms with Crippen LogP contribution < -0.4 is 14.9 Å². The summed E-state index contributed by atoms with van der Waals surface area (Å²) in [5.74, 6) is 1.02. The van der Waals surface area contributed by atoms with E-state index in [9.17, 15) is 4.79 Å². The molecule has 0 radical (unpaired) electrons. The fourth-order valence-corrected chi connectivity index (χ4v) is 2.09. The Labute approximate surface area is 143 Å². The van der Waals surface area contributed by atoms with E-state index < -0.39 is 0 Å². The van der Waals surface area contributed by atoms with Gasteiger partial charge in [0.1, 0.15) is 11.5 Å². The zero-order chi connectivity index (χ0) is 16.7. The SMILES string of the molecule is COc1ccc(Br)c(C=NNC(=O)COc2ccc(C)cc2)c1. The number of hydrogen-bond donors (Lipinski definition) is 1. The van der Waals surface area contributed by atoms with Crippen LogP contribution in [-0.2, 0) is 4.79 Å². The zero-order valence-electron chi connectivity index (χ0n) is 12.9. The van der Waals surface area contributed by atoms with Crippen LogP contribution in [0.2, 0.25) is 0 Å². The van der Waals surface area contributed by atoms with Crippen LogP contribution in [0.3, 0.4) is 0 Å². The summed E-state index contributed by atoms with van der Waals surface area (Å²) in [6, 6.07) is 13.0. The zero-order valence-corrected chi connectivity index (χ0v) is 14.5. The summed E-state index contributed by atoms with van der Waals surface area (Å²) in [6.07, 6.45) is 1.54. The first kappa shape index (κ1) is 17.0. The first-order valence-electron chi connectivity index (χ1n) is 6.93. The molecule has 0 aromatic heterocycles. The van der Waals surface area contributed by atoms with Gasteiger partial charge < -0.3 is 9.47 Å². The molecule has 23 heavy (non-hydrogen) atoms. The van der Waals surface area contributed by atoms with E-state index in [0.29, 0.717) is 11.5 Å². The van der Waals surface area contributed by atoms with E-state index in [0.717, 1.165) is 15.6 Å². The molecule has 0 aliphatic carbocycles. The molecule has 0 bridgehead atoms. The summed E-state index contributed by atoms with van der Waals surface area (Å²) >= 11 is 3.41. The number of ether oxygens (including phenoxy) is 2. The number of nitrogens with zero attached hydrogens (tertiary/aromatic N) is 1. The van der Waals surface area contributed by atoms with Gasteiger partial charge in [0.25, 0.3) is 5.91 Å². The fraction of sp³-hybridized carbons (Fsp3) is 0.176. The number of nitrogens with one attached hydrogen (secondary N) is 1. The third kappa shape index (κ3) is 5.41. The highest BCUT2D eigenvalue weighted by atomic mass is 79.9. The summed E-state index contributed by atoms with van der Waals surface area (Å²) in [6.45, 7) is 1.89. The van der Waals surface area contributed by atoms with E-state index in [4.69, 9.17) is 9.47 Å². The van der Waals surface area contributed by atoms with Crippen molar-refractivity contribution in [2.75, 3.05) is 13.7 Å². The second-order valence-electron chi connectivity index (χ2n) is 4.78. The molecule has 2 rings (SSSR count). The van der Waals surface area contributed by atoms with E-state index in [2.05, 4.69) is 26.5 Å². The normalized spacial score (nSPS) is 10.6. The molecule has 2 aromatic rings. The lowest BCUT2D eigenvalue weighted by atomic mass is 10.2. The van der Waals surface area contributed by atoms with Crippen LogP contribution >= 0.6 is 15.9 Å². The number of benzene rings is 2. The van der Waals surface area contributed by atoms with Gasteiger partial charge in [-0.15, -0.1) is 0 Å². The number of hydrazone groups is 1. The maximum atomic E-state index is 11.7. The van der Waals surface area contributed by atoms with Crippen molar-refractivity contribution in [2.24, 2.45) is 5.10 Å². The highest BCUT2D eigenvalue weighted by Crippen LogP contribution is 2.20. The van der Waals surface area contributed by atoms with Crippen molar-refractivity contribution in [3.8, 4) is 11.5 Å². The molecule has 1 amide bonds. The number of amides is 1. The van der Waals surface area contributed by atoms with Crippen molar-refractivity contribution in [2.45, 2.75) is 6.92 Å². The van der Waals surface area contributed by atoms with Crippen molar-refractivity contribution in [1.82, 2.24) is 5.43 Å². The molecule has 0 fully saturated rings. The highest BCUT2D eigenvalue weighted by Gasteiger charge is 2.02. The quantitative estimate of drug-likeness (QED) is 0.621. The number of carbonyl (C=O) groups is 1. The minimum Gasteiger partial charge on any atom is -0.497 e. The van der Waals surface area contributed by atoms with Crippen LogP contribution in [0.25, 0.3) is 0 Å². The molecule has 0 atom stereocenters. The maximum absolute atomic E-state index is 11.7. The van der Waals surface area contributed by atoms with Gasteiger partial charge in [0.15, 0.2) is 6.61 Å². The Morgan fingerprint density at radius 3 is 2.61 bits per heavy atom. The minimum atomic E-state index is -0.333. The molecule has 1 N–H and O–H groups in total. The van der Waals surface area contributed by atoms with Crippen LogP contribution in [-0.4, -0.2) is 25.8 Å². The summed E-state index contributed by atoms with van der Waals surface area (Å²) in [7, 11) is 1.59. The molecule has 0 saturated carbocycles. The molecule has 120 valence electrons. The number of carbonyl (C=O) groups excluding carboxylic acids is 1. The predicted molar refractivity (Wildman–Crippen MR) is 93.1 cm³/mol. The molecule has 0 unspecified atom stereocenters. The first-order valence-corrected chi connectivity index (χ1v) is 7.72. The van der Waals surface area contributed by atoms with Crippen molar-refractivity contribution < 1.29 is 14.3 Å². The standard InChI is InChI=1S/C17H17BrN2O3/c1-12-3-5-14(6-4-12)23-11-17(21)20-19-10-13-9-15(22-2)7-8-16(13)18/h3-10H,11H2,1-2H3,(H,20,21). The molecule has 0 saturated heterocycles. The van der Waals surface area contributed by atoms with E-state index in [1.54, 1.807) is 7.11 Å². The lowest BCUT2D eigenvalue weighted by Gasteiger charge is -2.05. The molecule has 0 spiro atoms. The van der Waals surface area contributed by atoms with Gasteiger partial charge in [0.05, 0.1) is 13.3 Å². The van der Waals surface area contributed by atoms with Crippen molar-refractivity contribution in [3.05, 3.63) is 58.1 Å². The number of halogens is 1. The van der Waals surface area contributed by atoms with Crippen LogP contribution in [0, 0.1) is 6.92 Å².